The molecule has 1 heterocycles. The van der Waals surface area contributed by atoms with Gasteiger partial charge in [0.15, 0.2) is 0 Å². The van der Waals surface area contributed by atoms with Crippen molar-refractivity contribution in [3.63, 3.8) is 0 Å². The number of β-amino-alcohol motifs (C(OH)–C–C–N with tert-alkyl or cyclic N) is 1. The van der Waals surface area contributed by atoms with Crippen LogP contribution in [0.15, 0.2) is 72.8 Å². The number of benzene rings is 3. The number of carbonyl (C=O) groups is 2. The second-order valence-corrected chi connectivity index (χ2v) is 15.1. The third-order valence-electron chi connectivity index (χ3n) is 8.47. The molecule has 0 spiro atoms. The summed E-state index contributed by atoms with van der Waals surface area (Å²) in [6.07, 6.45) is -6.64. The normalized spacial score (nSPS) is 18.4. The minimum Gasteiger partial charge on any atom is -0.389 e. The molecule has 0 aliphatic carbocycles. The quantitative estimate of drug-likeness (QED) is 0.190. The number of nitrogens with zero attached hydrogens (tertiary/aromatic N) is 1. The summed E-state index contributed by atoms with van der Waals surface area (Å²) in [4.78, 5) is 27.9. The molecule has 256 valence electrons. The van der Waals surface area contributed by atoms with Gasteiger partial charge in [-0.2, -0.15) is 24.9 Å². The number of likely N-dealkylation sites (tertiary alicyclic amines) is 1. The van der Waals surface area contributed by atoms with E-state index in [1.807, 2.05) is 48.5 Å². The lowest BCUT2D eigenvalue weighted by atomic mass is 9.95. The Kier molecular flexibility index (Phi) is 12.7. The Labute approximate surface area is 279 Å². The van der Waals surface area contributed by atoms with Crippen LogP contribution in [-0.2, 0) is 22.4 Å². The summed E-state index contributed by atoms with van der Waals surface area (Å²) in [5, 5.41) is 29.6. The molecule has 1 fully saturated rings. The first-order valence-electron chi connectivity index (χ1n) is 16.1. The molecule has 11 heteroatoms. The van der Waals surface area contributed by atoms with Gasteiger partial charge >= 0.3 is 6.18 Å². The van der Waals surface area contributed by atoms with Gasteiger partial charge in [-0.1, -0.05) is 93.6 Å². The number of rotatable bonds is 14. The van der Waals surface area contributed by atoms with E-state index in [0.29, 0.717) is 18.6 Å². The Morgan fingerprint density at radius 3 is 2.34 bits per heavy atom. The Hall–Kier alpha value is -3.12. The molecule has 0 bridgehead atoms. The van der Waals surface area contributed by atoms with Crippen LogP contribution in [0, 0.1) is 5.92 Å². The maximum Gasteiger partial charge on any atom is 0.404 e. The predicted octanol–water partition coefficient (Wildman–Crippen LogP) is 5.12. The summed E-state index contributed by atoms with van der Waals surface area (Å²) in [5.74, 6) is -0.742. The lowest BCUT2D eigenvalue weighted by molar-refractivity contribution is -0.180. The Morgan fingerprint density at radius 1 is 0.957 bits per heavy atom. The molecule has 1 aliphatic heterocycles. The zero-order valence-corrected chi connectivity index (χ0v) is 28.0. The van der Waals surface area contributed by atoms with E-state index in [2.05, 4.69) is 31.4 Å². The van der Waals surface area contributed by atoms with Crippen molar-refractivity contribution in [3.8, 4) is 0 Å². The summed E-state index contributed by atoms with van der Waals surface area (Å²) >= 11 is 1.67. The minimum absolute atomic E-state index is 0.0635. The summed E-state index contributed by atoms with van der Waals surface area (Å²) in [5.41, 5.74) is 1.80. The van der Waals surface area contributed by atoms with Crippen molar-refractivity contribution in [1.29, 1.82) is 0 Å². The summed E-state index contributed by atoms with van der Waals surface area (Å²) in [6.45, 7) is 5.65. The zero-order chi connectivity index (χ0) is 34.2. The van der Waals surface area contributed by atoms with Gasteiger partial charge in [0.1, 0.15) is 12.1 Å². The lowest BCUT2D eigenvalue weighted by Crippen LogP contribution is -2.55. The number of carbonyl (C=O) groups excluding carboxylic acids is 2. The number of amides is 2. The van der Waals surface area contributed by atoms with Crippen LogP contribution >= 0.6 is 11.8 Å². The first kappa shape index (κ1) is 36.7. The van der Waals surface area contributed by atoms with Crippen molar-refractivity contribution >= 4 is 34.3 Å². The maximum atomic E-state index is 13.5. The molecule has 7 nitrogen and oxygen atoms in total. The van der Waals surface area contributed by atoms with E-state index >= 15 is 0 Å². The van der Waals surface area contributed by atoms with Crippen LogP contribution in [0.25, 0.3) is 10.8 Å². The summed E-state index contributed by atoms with van der Waals surface area (Å²) < 4.78 is 40.4. The molecule has 47 heavy (non-hydrogen) atoms. The van der Waals surface area contributed by atoms with E-state index in [9.17, 15) is 33.0 Å². The standard InChI is InChI=1S/C36H46F3N3O4S/c1-35(2,3)47-23-27(20-26-15-9-14-25-13-7-8-16-28(25)26)34(46)40-21-32(44)41-29(19-24-11-5-4-6-12-24)33(45)30(43)22-42-18-10-17-31(42)36(37,38)39/h4-9,11-16,27,29-31,33,43,45H,10,17-23H2,1-3H3,(H,40,46)(H,41,44)/t27-,29+,30?,31?,33-/m1/s1. The number of nitrogens with one attached hydrogen (secondary N) is 2. The average Bonchev–Trinajstić information content (AvgIpc) is 3.50. The van der Waals surface area contributed by atoms with Gasteiger partial charge in [0.05, 0.1) is 24.6 Å². The van der Waals surface area contributed by atoms with Crippen LogP contribution < -0.4 is 10.6 Å². The van der Waals surface area contributed by atoms with E-state index in [1.165, 1.54) is 0 Å². The molecule has 2 unspecified atom stereocenters. The van der Waals surface area contributed by atoms with Gasteiger partial charge in [0.25, 0.3) is 0 Å². The lowest BCUT2D eigenvalue weighted by Gasteiger charge is -2.33. The molecule has 4 rings (SSSR count). The number of hydrogen-bond acceptors (Lipinski definition) is 6. The zero-order valence-electron chi connectivity index (χ0n) is 27.2. The highest BCUT2D eigenvalue weighted by Gasteiger charge is 2.46. The predicted molar refractivity (Wildman–Crippen MR) is 181 cm³/mol. The monoisotopic (exact) mass is 673 g/mol. The molecular formula is C36H46F3N3O4S. The van der Waals surface area contributed by atoms with E-state index in [-0.39, 0.29) is 43.1 Å². The highest BCUT2D eigenvalue weighted by molar-refractivity contribution is 8.00. The van der Waals surface area contributed by atoms with Crippen molar-refractivity contribution < 1.29 is 33.0 Å². The molecule has 4 N–H and O–H groups in total. The smallest absolute Gasteiger partial charge is 0.389 e. The number of fused-ring (bicyclic) bond motifs is 1. The van der Waals surface area contributed by atoms with Gasteiger partial charge in [-0.25, -0.2) is 0 Å². The van der Waals surface area contributed by atoms with E-state index < -0.39 is 42.3 Å². The van der Waals surface area contributed by atoms with Gasteiger partial charge < -0.3 is 20.8 Å². The van der Waals surface area contributed by atoms with Crippen LogP contribution in [-0.4, -0.2) is 87.5 Å². The Balaban J connectivity index is 1.43. The van der Waals surface area contributed by atoms with Crippen LogP contribution in [0.2, 0.25) is 0 Å². The van der Waals surface area contributed by atoms with Crippen molar-refractivity contribution in [2.45, 2.75) is 81.7 Å². The number of hydrogen-bond donors (Lipinski definition) is 4. The molecular weight excluding hydrogens is 627 g/mol. The highest BCUT2D eigenvalue weighted by atomic mass is 32.2. The number of thioether (sulfide) groups is 1. The van der Waals surface area contributed by atoms with Crippen molar-refractivity contribution in [3.05, 3.63) is 83.9 Å². The molecule has 5 atom stereocenters. The first-order valence-corrected chi connectivity index (χ1v) is 17.1. The first-order chi connectivity index (χ1) is 22.2. The summed E-state index contributed by atoms with van der Waals surface area (Å²) in [7, 11) is 0. The average molecular weight is 674 g/mol. The third kappa shape index (κ3) is 11.0. The maximum absolute atomic E-state index is 13.5. The van der Waals surface area contributed by atoms with Crippen LogP contribution in [0.1, 0.15) is 44.7 Å². The second-order valence-electron chi connectivity index (χ2n) is 13.3. The fourth-order valence-corrected chi connectivity index (χ4v) is 7.01. The molecule has 3 aromatic rings. The van der Waals surface area contributed by atoms with Crippen LogP contribution in [0.5, 0.6) is 0 Å². The van der Waals surface area contributed by atoms with Gasteiger partial charge in [0.2, 0.25) is 11.8 Å². The third-order valence-corrected chi connectivity index (χ3v) is 9.91. The van der Waals surface area contributed by atoms with Crippen molar-refractivity contribution in [2.75, 3.05) is 25.4 Å². The molecule has 0 saturated carbocycles. The van der Waals surface area contributed by atoms with E-state index in [0.717, 1.165) is 26.8 Å². The van der Waals surface area contributed by atoms with Gasteiger partial charge in [-0.05, 0) is 54.1 Å². The van der Waals surface area contributed by atoms with Gasteiger partial charge in [-0.15, -0.1) is 0 Å². The van der Waals surface area contributed by atoms with Gasteiger partial charge in [0, 0.05) is 17.0 Å². The SMILES string of the molecule is CC(C)(C)SC[C@@H](Cc1cccc2ccccc12)C(=O)NCC(=O)N[C@@H](Cc1ccccc1)[C@@H](O)C(O)CN1CCCC1C(F)(F)F. The molecule has 0 radical (unpaired) electrons. The number of aliphatic hydroxyl groups is 2. The molecule has 1 aliphatic rings. The molecule has 0 aromatic heterocycles. The Morgan fingerprint density at radius 2 is 1.64 bits per heavy atom. The largest absolute Gasteiger partial charge is 0.404 e. The fourth-order valence-electron chi connectivity index (χ4n) is 6.04. The van der Waals surface area contributed by atoms with Crippen LogP contribution in [0.4, 0.5) is 13.2 Å². The number of aliphatic hydroxyl groups excluding tert-OH is 2. The Bertz CT molecular complexity index is 1460. The molecule has 2 amide bonds. The van der Waals surface area contributed by atoms with Crippen molar-refractivity contribution in [2.24, 2.45) is 5.92 Å². The van der Waals surface area contributed by atoms with Crippen molar-refractivity contribution in [1.82, 2.24) is 15.5 Å². The van der Waals surface area contributed by atoms with Crippen LogP contribution in [0.3, 0.4) is 0 Å². The van der Waals surface area contributed by atoms with E-state index in [1.54, 1.807) is 36.0 Å². The van der Waals surface area contributed by atoms with E-state index in [4.69, 9.17) is 0 Å². The topological polar surface area (TPSA) is 102 Å². The molecule has 1 saturated heterocycles. The van der Waals surface area contributed by atoms with Gasteiger partial charge in [-0.3, -0.25) is 14.5 Å². The fraction of sp³-hybridized carbons (Fsp3) is 0.500. The highest BCUT2D eigenvalue weighted by Crippen LogP contribution is 2.33. The summed E-state index contributed by atoms with van der Waals surface area (Å²) in [6, 6.07) is 20.3. The number of alkyl halides is 3. The minimum atomic E-state index is -4.44. The second kappa shape index (κ2) is 16.3. The molecule has 3 aromatic carbocycles. The number of halogens is 3.